The number of hydrogen-bond acceptors (Lipinski definition) is 15. The summed E-state index contributed by atoms with van der Waals surface area (Å²) in [6.07, 6.45) is 6.76. The molecular weight excluding hydrogens is 817 g/mol. The molecule has 0 aliphatic rings. The minimum Gasteiger partial charge on any atom is -0.466 e. The Morgan fingerprint density at radius 2 is 1.07 bits per heavy atom. The van der Waals surface area contributed by atoms with Gasteiger partial charge in [0.1, 0.15) is 11.2 Å². The number of carbonyl (C=O) groups excluding carboxylic acids is 4. The normalized spacial score (nSPS) is 12.9. The molecule has 5 N–H and O–H groups in total. The van der Waals surface area contributed by atoms with Crippen LogP contribution in [0.2, 0.25) is 0 Å². The van der Waals surface area contributed by atoms with Gasteiger partial charge in [0.15, 0.2) is 0 Å². The molecule has 356 valence electrons. The summed E-state index contributed by atoms with van der Waals surface area (Å²) in [5.41, 5.74) is 4.28. The van der Waals surface area contributed by atoms with Crippen molar-refractivity contribution in [2.24, 2.45) is 5.73 Å². The molecule has 0 aromatic heterocycles. The van der Waals surface area contributed by atoms with Gasteiger partial charge in [-0.15, -0.1) is 0 Å². The first-order chi connectivity index (χ1) is 28.5. The van der Waals surface area contributed by atoms with Crippen LogP contribution < -0.4 is 21.7 Å². The van der Waals surface area contributed by atoms with E-state index in [0.29, 0.717) is 115 Å². The Hall–Kier alpha value is -2.22. The van der Waals surface area contributed by atoms with Crippen LogP contribution in [-0.4, -0.2) is 138 Å². The maximum absolute atomic E-state index is 12.3. The Morgan fingerprint density at radius 3 is 1.53 bits per heavy atom. The van der Waals surface area contributed by atoms with Gasteiger partial charge in [-0.2, -0.15) is 0 Å². The Kier molecular flexibility index (Phi) is 39.5. The van der Waals surface area contributed by atoms with Crippen LogP contribution in [0.25, 0.3) is 0 Å². The van der Waals surface area contributed by atoms with Gasteiger partial charge in [0, 0.05) is 69.5 Å². The van der Waals surface area contributed by atoms with Crippen molar-refractivity contribution in [3.8, 4) is 0 Å². The van der Waals surface area contributed by atoms with Gasteiger partial charge in [-0.05, 0) is 100 Å². The molecular formula is C42H84N4O12S2. The summed E-state index contributed by atoms with van der Waals surface area (Å²) < 4.78 is 42.9. The highest BCUT2D eigenvalue weighted by molar-refractivity contribution is 8.77. The zero-order chi connectivity index (χ0) is 45.5. The fraction of sp³-hybridized carbons (Fsp3) is 0.905. The second-order valence-electron chi connectivity index (χ2n) is 15.7. The Labute approximate surface area is 370 Å². The standard InChI is InChI=1S/C32H62N2O9S2.C10H22N2O3/c1-8-13-27(17-22-41-29(35)16-15-26(40-11-4)25-38-10-3)44-45-28(14-9-2)18-23-42-30(36)34-20-24-39-21-12-19-33-31(37)43-32(5,6)7;1-10(2,3)15-9(13)12-6-4-7-14-8-5-11/h26-28H,8-25H2,1-7H3,(H,33,37)(H,34,36);4-8,11H2,1-3H3,(H,12,13). The van der Waals surface area contributed by atoms with Crippen LogP contribution in [0, 0.1) is 0 Å². The Bertz CT molecular complexity index is 1070. The lowest BCUT2D eigenvalue weighted by molar-refractivity contribution is -0.144. The van der Waals surface area contributed by atoms with Crippen molar-refractivity contribution in [2.75, 3.05) is 85.6 Å². The molecule has 16 nitrogen and oxygen atoms in total. The molecule has 18 heteroatoms. The summed E-state index contributed by atoms with van der Waals surface area (Å²) in [5.74, 6) is -0.192. The van der Waals surface area contributed by atoms with Crippen molar-refractivity contribution in [1.29, 1.82) is 0 Å². The van der Waals surface area contributed by atoms with Crippen molar-refractivity contribution in [3.63, 3.8) is 0 Å². The number of esters is 1. The summed E-state index contributed by atoms with van der Waals surface area (Å²) in [5, 5.41) is 8.79. The smallest absolute Gasteiger partial charge is 0.407 e. The second kappa shape index (κ2) is 39.6. The molecule has 0 saturated carbocycles. The van der Waals surface area contributed by atoms with Crippen LogP contribution in [0.15, 0.2) is 0 Å². The summed E-state index contributed by atoms with van der Waals surface area (Å²) in [6.45, 7) is 25.5. The molecule has 0 spiro atoms. The maximum atomic E-state index is 12.3. The highest BCUT2D eigenvalue weighted by Gasteiger charge is 2.19. The fourth-order valence-corrected chi connectivity index (χ4v) is 8.30. The zero-order valence-corrected chi connectivity index (χ0v) is 40.4. The van der Waals surface area contributed by atoms with Gasteiger partial charge in [0.2, 0.25) is 0 Å². The van der Waals surface area contributed by atoms with Crippen LogP contribution in [0.3, 0.4) is 0 Å². The molecule has 3 atom stereocenters. The number of nitrogens with one attached hydrogen (secondary N) is 3. The Morgan fingerprint density at radius 1 is 0.567 bits per heavy atom. The van der Waals surface area contributed by atoms with Gasteiger partial charge < -0.3 is 59.6 Å². The first-order valence-electron chi connectivity index (χ1n) is 21.9. The molecule has 0 aromatic rings. The van der Waals surface area contributed by atoms with E-state index in [1.165, 1.54) is 0 Å². The molecule has 0 aliphatic heterocycles. The number of ether oxygens (including phenoxy) is 8. The number of rotatable bonds is 34. The number of amides is 3. The summed E-state index contributed by atoms with van der Waals surface area (Å²) in [4.78, 5) is 47.1. The van der Waals surface area contributed by atoms with Crippen LogP contribution in [-0.2, 0) is 42.7 Å². The van der Waals surface area contributed by atoms with Crippen LogP contribution >= 0.6 is 21.6 Å². The first kappa shape index (κ1) is 59.9. The molecule has 0 bridgehead atoms. The third-order valence-electron chi connectivity index (χ3n) is 7.55. The van der Waals surface area contributed by atoms with E-state index in [9.17, 15) is 19.2 Å². The third-order valence-corrected chi connectivity index (χ3v) is 11.1. The van der Waals surface area contributed by atoms with E-state index in [1.807, 2.05) is 77.0 Å². The van der Waals surface area contributed by atoms with Gasteiger partial charge in [0.25, 0.3) is 0 Å². The van der Waals surface area contributed by atoms with Crippen LogP contribution in [0.5, 0.6) is 0 Å². The lowest BCUT2D eigenvalue weighted by Crippen LogP contribution is -2.33. The molecule has 0 aromatic carbocycles. The van der Waals surface area contributed by atoms with E-state index in [-0.39, 0.29) is 18.2 Å². The van der Waals surface area contributed by atoms with E-state index in [2.05, 4.69) is 29.8 Å². The molecule has 0 heterocycles. The predicted octanol–water partition coefficient (Wildman–Crippen LogP) is 7.78. The average Bonchev–Trinajstić information content (AvgIpc) is 3.16. The summed E-state index contributed by atoms with van der Waals surface area (Å²) in [6, 6.07) is 0. The third kappa shape index (κ3) is 43.9. The lowest BCUT2D eigenvalue weighted by Gasteiger charge is -2.20. The molecule has 60 heavy (non-hydrogen) atoms. The topological polar surface area (TPSA) is 204 Å². The summed E-state index contributed by atoms with van der Waals surface area (Å²) in [7, 11) is 3.70. The van der Waals surface area contributed by atoms with E-state index in [4.69, 9.17) is 43.6 Å². The van der Waals surface area contributed by atoms with E-state index < -0.39 is 23.4 Å². The van der Waals surface area contributed by atoms with Gasteiger partial charge in [-0.1, -0.05) is 48.3 Å². The van der Waals surface area contributed by atoms with Gasteiger partial charge >= 0.3 is 24.2 Å². The highest BCUT2D eigenvalue weighted by atomic mass is 33.1. The molecule has 0 rings (SSSR count). The second-order valence-corrected chi connectivity index (χ2v) is 18.6. The number of alkyl carbamates (subject to hydrolysis) is 3. The summed E-state index contributed by atoms with van der Waals surface area (Å²) >= 11 is 0. The number of carbonyl (C=O) groups is 4. The molecule has 0 aliphatic carbocycles. The Balaban J connectivity index is 0. The minimum absolute atomic E-state index is 0.0839. The first-order valence-corrected chi connectivity index (χ1v) is 24.1. The zero-order valence-electron chi connectivity index (χ0n) is 38.8. The van der Waals surface area contributed by atoms with Crippen molar-refractivity contribution in [3.05, 3.63) is 0 Å². The van der Waals surface area contributed by atoms with E-state index >= 15 is 0 Å². The molecule has 3 unspecified atom stereocenters. The van der Waals surface area contributed by atoms with E-state index in [1.54, 1.807) is 0 Å². The molecule has 0 radical (unpaired) electrons. The minimum atomic E-state index is -0.522. The largest absolute Gasteiger partial charge is 0.466 e. The SMILES string of the molecule is CC(C)(C)OC(=O)NCCCOCCN.CCCC(CCOC(=O)CCC(COCC)OCC)SSC(CCC)CCOC(=O)NCCOCCCNC(=O)OC(C)(C)C. The number of nitrogens with two attached hydrogens (primary N) is 1. The molecule has 0 fully saturated rings. The van der Waals surface area contributed by atoms with Crippen molar-refractivity contribution in [2.45, 2.75) is 161 Å². The van der Waals surface area contributed by atoms with Gasteiger partial charge in [-0.3, -0.25) is 4.79 Å². The monoisotopic (exact) mass is 901 g/mol. The van der Waals surface area contributed by atoms with Crippen LogP contribution in [0.4, 0.5) is 14.4 Å². The van der Waals surface area contributed by atoms with E-state index in [0.717, 1.165) is 44.9 Å². The van der Waals surface area contributed by atoms with Crippen molar-refractivity contribution in [1.82, 2.24) is 16.0 Å². The fourth-order valence-electron chi connectivity index (χ4n) is 4.84. The molecule has 3 amide bonds. The highest BCUT2D eigenvalue weighted by Crippen LogP contribution is 2.38. The van der Waals surface area contributed by atoms with Gasteiger partial charge in [0.05, 0.1) is 39.1 Å². The quantitative estimate of drug-likeness (QED) is 0.0211. The van der Waals surface area contributed by atoms with Crippen LogP contribution in [0.1, 0.15) is 133 Å². The van der Waals surface area contributed by atoms with Crippen molar-refractivity contribution >= 4 is 45.8 Å². The average molecular weight is 901 g/mol. The maximum Gasteiger partial charge on any atom is 0.407 e. The van der Waals surface area contributed by atoms with Gasteiger partial charge in [-0.25, -0.2) is 14.4 Å². The number of hydrogen-bond donors (Lipinski definition) is 4. The lowest BCUT2D eigenvalue weighted by atomic mass is 10.2. The predicted molar refractivity (Wildman–Crippen MR) is 242 cm³/mol. The molecule has 0 saturated heterocycles. The van der Waals surface area contributed by atoms with Crippen molar-refractivity contribution < 1.29 is 57.1 Å².